The maximum Gasteiger partial charge on any atom is 0.310 e. The lowest BCUT2D eigenvalue weighted by molar-refractivity contribution is -0.139. The second kappa shape index (κ2) is 5.32. The van der Waals surface area contributed by atoms with Crippen LogP contribution in [0.2, 0.25) is 0 Å². The predicted molar refractivity (Wildman–Crippen MR) is 50.4 cm³/mol. The van der Waals surface area contributed by atoms with E-state index in [0.29, 0.717) is 19.4 Å². The molecular weight excluding hydrogens is 198 g/mol. The molecule has 15 heavy (non-hydrogen) atoms. The second-order valence-corrected chi connectivity index (χ2v) is 3.54. The molecule has 0 aliphatic heterocycles. The lowest BCUT2D eigenvalue weighted by atomic mass is 9.82. The summed E-state index contributed by atoms with van der Waals surface area (Å²) in [7, 11) is 0. The van der Waals surface area contributed by atoms with Gasteiger partial charge in [0.2, 0.25) is 0 Å². The fourth-order valence-corrected chi connectivity index (χ4v) is 1.38. The molecule has 6 heteroatoms. The van der Waals surface area contributed by atoms with Crippen LogP contribution in [0.4, 0.5) is 0 Å². The van der Waals surface area contributed by atoms with Crippen molar-refractivity contribution < 1.29 is 14.7 Å². The number of rotatable bonds is 3. The van der Waals surface area contributed by atoms with E-state index in [0.717, 1.165) is 0 Å². The van der Waals surface area contributed by atoms with Crippen LogP contribution in [-0.2, 0) is 9.59 Å². The van der Waals surface area contributed by atoms with Crippen LogP contribution in [0.25, 0.3) is 0 Å². The third-order valence-electron chi connectivity index (χ3n) is 2.30. The van der Waals surface area contributed by atoms with E-state index in [1.165, 1.54) is 0 Å². The Balaban J connectivity index is 2.13. The molecule has 0 aromatic carbocycles. The maximum absolute atomic E-state index is 11.1. The van der Waals surface area contributed by atoms with Crippen molar-refractivity contribution in [1.82, 2.24) is 10.6 Å². The van der Waals surface area contributed by atoms with E-state index >= 15 is 0 Å². The Morgan fingerprint density at radius 1 is 1.33 bits per heavy atom. The molecule has 82 valence electrons. The smallest absolute Gasteiger partial charge is 0.310 e. The molecule has 3 N–H and O–H groups in total. The first kappa shape index (κ1) is 11.5. The molecule has 0 unspecified atom stereocenters. The van der Waals surface area contributed by atoms with Gasteiger partial charge in [-0.2, -0.15) is 5.26 Å². The molecule has 0 bridgehead atoms. The third-order valence-corrected chi connectivity index (χ3v) is 2.30. The van der Waals surface area contributed by atoms with Gasteiger partial charge in [0.15, 0.2) is 0 Å². The fourth-order valence-electron chi connectivity index (χ4n) is 1.38. The Morgan fingerprint density at radius 2 is 1.93 bits per heavy atom. The highest BCUT2D eigenvalue weighted by molar-refractivity contribution is 6.35. The predicted octanol–water partition coefficient (Wildman–Crippen LogP) is -1.49. The van der Waals surface area contributed by atoms with Crippen molar-refractivity contribution in [3.05, 3.63) is 0 Å². The molecule has 0 heterocycles. The van der Waals surface area contributed by atoms with Crippen molar-refractivity contribution in [2.24, 2.45) is 5.92 Å². The number of hydrogen-bond acceptors (Lipinski definition) is 4. The van der Waals surface area contributed by atoms with Crippen molar-refractivity contribution in [3.63, 3.8) is 0 Å². The molecule has 0 aromatic heterocycles. The minimum Gasteiger partial charge on any atom is -0.393 e. The number of aliphatic hydroxyl groups excluding tert-OH is 1. The van der Waals surface area contributed by atoms with Gasteiger partial charge in [0.05, 0.1) is 12.2 Å². The van der Waals surface area contributed by atoms with Gasteiger partial charge in [-0.3, -0.25) is 9.59 Å². The first-order valence-corrected chi connectivity index (χ1v) is 4.74. The molecule has 1 rings (SSSR count). The highest BCUT2D eigenvalue weighted by Gasteiger charge is 2.27. The van der Waals surface area contributed by atoms with Gasteiger partial charge in [0, 0.05) is 6.54 Å². The van der Waals surface area contributed by atoms with Crippen molar-refractivity contribution in [2.75, 3.05) is 13.1 Å². The summed E-state index contributed by atoms with van der Waals surface area (Å²) in [5.41, 5.74) is 0. The molecule has 1 aliphatic carbocycles. The van der Waals surface area contributed by atoms with Crippen molar-refractivity contribution >= 4 is 11.8 Å². The van der Waals surface area contributed by atoms with Gasteiger partial charge in [-0.15, -0.1) is 0 Å². The summed E-state index contributed by atoms with van der Waals surface area (Å²) >= 11 is 0. The molecule has 0 atom stereocenters. The van der Waals surface area contributed by atoms with Crippen LogP contribution >= 0.6 is 0 Å². The highest BCUT2D eigenvalue weighted by Crippen LogP contribution is 2.25. The van der Waals surface area contributed by atoms with E-state index < -0.39 is 11.8 Å². The van der Waals surface area contributed by atoms with Crippen LogP contribution in [0.15, 0.2) is 0 Å². The number of carbonyl (C=O) groups excluding carboxylic acids is 2. The van der Waals surface area contributed by atoms with E-state index in [-0.39, 0.29) is 18.6 Å². The Bertz CT molecular complexity index is 291. The van der Waals surface area contributed by atoms with Gasteiger partial charge < -0.3 is 15.7 Å². The quantitative estimate of drug-likeness (QED) is 0.391. The van der Waals surface area contributed by atoms with Gasteiger partial charge in [0.25, 0.3) is 0 Å². The summed E-state index contributed by atoms with van der Waals surface area (Å²) in [6, 6.07) is 1.70. The maximum atomic E-state index is 11.1. The molecule has 6 nitrogen and oxygen atoms in total. The number of hydrogen-bond donors (Lipinski definition) is 3. The van der Waals surface area contributed by atoms with Crippen LogP contribution in [0.5, 0.6) is 0 Å². The molecule has 0 saturated heterocycles. The van der Waals surface area contributed by atoms with Gasteiger partial charge in [-0.05, 0) is 18.8 Å². The first-order chi connectivity index (χ1) is 7.13. The molecule has 1 aliphatic rings. The largest absolute Gasteiger partial charge is 0.393 e. The van der Waals surface area contributed by atoms with E-state index in [1.807, 2.05) is 0 Å². The number of nitrogens with zero attached hydrogens (tertiary/aromatic N) is 1. The number of carbonyl (C=O) groups is 2. The Labute approximate surface area is 87.3 Å². The van der Waals surface area contributed by atoms with E-state index in [9.17, 15) is 9.59 Å². The lowest BCUT2D eigenvalue weighted by Crippen LogP contribution is -2.44. The van der Waals surface area contributed by atoms with Gasteiger partial charge in [-0.25, -0.2) is 0 Å². The van der Waals surface area contributed by atoms with Crippen LogP contribution < -0.4 is 10.6 Å². The zero-order chi connectivity index (χ0) is 11.3. The fraction of sp³-hybridized carbons (Fsp3) is 0.667. The lowest BCUT2D eigenvalue weighted by Gasteiger charge is -2.31. The first-order valence-electron chi connectivity index (χ1n) is 4.74. The van der Waals surface area contributed by atoms with Crippen molar-refractivity contribution in [3.8, 4) is 6.07 Å². The molecule has 1 fully saturated rings. The minimum atomic E-state index is -0.795. The summed E-state index contributed by atoms with van der Waals surface area (Å²) in [5, 5.41) is 21.7. The van der Waals surface area contributed by atoms with E-state index in [4.69, 9.17) is 10.4 Å². The summed E-state index contributed by atoms with van der Waals surface area (Å²) in [4.78, 5) is 22.0. The summed E-state index contributed by atoms with van der Waals surface area (Å²) in [5.74, 6) is -1.27. The topological polar surface area (TPSA) is 102 Å². The molecule has 0 spiro atoms. The van der Waals surface area contributed by atoms with Gasteiger partial charge in [-0.1, -0.05) is 0 Å². The number of nitrogens with one attached hydrogen (secondary N) is 2. The molecule has 1 saturated carbocycles. The summed E-state index contributed by atoms with van der Waals surface area (Å²) in [6.07, 6.45) is 1.07. The second-order valence-electron chi connectivity index (χ2n) is 3.54. The van der Waals surface area contributed by atoms with Crippen molar-refractivity contribution in [1.29, 1.82) is 5.26 Å². The van der Waals surface area contributed by atoms with Crippen LogP contribution in [0, 0.1) is 17.2 Å². The molecule has 0 aromatic rings. The molecule has 2 amide bonds. The molecule has 0 radical (unpaired) electrons. The van der Waals surface area contributed by atoms with Gasteiger partial charge >= 0.3 is 11.8 Å². The van der Waals surface area contributed by atoms with Crippen LogP contribution in [0.1, 0.15) is 12.8 Å². The van der Waals surface area contributed by atoms with Crippen LogP contribution in [0.3, 0.4) is 0 Å². The number of aliphatic hydroxyl groups is 1. The Kier molecular flexibility index (Phi) is 4.06. The minimum absolute atomic E-state index is 0.172. The van der Waals surface area contributed by atoms with Gasteiger partial charge in [0.1, 0.15) is 6.54 Å². The van der Waals surface area contributed by atoms with E-state index in [1.54, 1.807) is 6.07 Å². The highest BCUT2D eigenvalue weighted by atomic mass is 16.3. The molecular formula is C9H13N3O3. The van der Waals surface area contributed by atoms with Crippen LogP contribution in [-0.4, -0.2) is 36.1 Å². The summed E-state index contributed by atoms with van der Waals surface area (Å²) < 4.78 is 0. The normalized spacial score (nSPS) is 23.5. The SMILES string of the molecule is N#CCNC(=O)C(=O)NCC1CC(O)C1. The number of amides is 2. The Hall–Kier alpha value is -1.61. The monoisotopic (exact) mass is 211 g/mol. The zero-order valence-corrected chi connectivity index (χ0v) is 8.19. The van der Waals surface area contributed by atoms with E-state index in [2.05, 4.69) is 10.6 Å². The summed E-state index contributed by atoms with van der Waals surface area (Å²) in [6.45, 7) is 0.226. The average Bonchev–Trinajstić information content (AvgIpc) is 2.18. The third kappa shape index (κ3) is 3.56. The number of nitriles is 1. The standard InChI is InChI=1S/C9H13N3O3/c10-1-2-11-8(14)9(15)12-5-6-3-7(13)4-6/h6-7,13H,2-5H2,(H,11,14)(H,12,15). The Morgan fingerprint density at radius 3 is 2.47 bits per heavy atom. The van der Waals surface area contributed by atoms with Crippen molar-refractivity contribution in [2.45, 2.75) is 18.9 Å². The average molecular weight is 211 g/mol. The zero-order valence-electron chi connectivity index (χ0n) is 8.19.